The van der Waals surface area contributed by atoms with Gasteiger partial charge in [0.2, 0.25) is 5.04 Å². The molecule has 2 aromatic rings. The van der Waals surface area contributed by atoms with Gasteiger partial charge < -0.3 is 5.73 Å². The average molecular weight is 280 g/mol. The van der Waals surface area contributed by atoms with E-state index in [1.807, 2.05) is 60.7 Å². The first-order valence-corrected chi connectivity index (χ1v) is 6.85. The van der Waals surface area contributed by atoms with Gasteiger partial charge in [-0.3, -0.25) is 0 Å². The second-order valence-electron chi connectivity index (χ2n) is 4.05. The quantitative estimate of drug-likeness (QED) is 0.511. The number of benzene rings is 2. The van der Waals surface area contributed by atoms with E-state index in [4.69, 9.17) is 11.1 Å². The molecule has 0 aliphatic carbocycles. The van der Waals surface area contributed by atoms with Crippen LogP contribution in [-0.4, -0.2) is 5.04 Å². The number of nitriles is 1. The van der Waals surface area contributed by atoms with Gasteiger partial charge in [-0.05, 0) is 29.5 Å². The first kappa shape index (κ1) is 13.9. The summed E-state index contributed by atoms with van der Waals surface area (Å²) in [5.74, 6) is 0. The van der Waals surface area contributed by atoms with Crippen LogP contribution >= 0.6 is 11.8 Å². The largest absolute Gasteiger partial charge is 0.397 e. The molecule has 0 bridgehead atoms. The normalized spacial score (nSPS) is 11.3. The summed E-state index contributed by atoms with van der Waals surface area (Å²) in [6.07, 6.45) is 0. The molecule has 4 N–H and O–H groups in total. The molecule has 0 fully saturated rings. The van der Waals surface area contributed by atoms with Crippen LogP contribution in [0.2, 0.25) is 0 Å². The van der Waals surface area contributed by atoms with Gasteiger partial charge in [-0.1, -0.05) is 48.5 Å². The third-order valence-electron chi connectivity index (χ3n) is 2.70. The summed E-state index contributed by atoms with van der Waals surface area (Å²) in [7, 11) is 0. The van der Waals surface area contributed by atoms with Gasteiger partial charge >= 0.3 is 0 Å². The molecule has 0 amide bonds. The van der Waals surface area contributed by atoms with Crippen LogP contribution in [-0.2, 0) is 0 Å². The zero-order valence-electron chi connectivity index (χ0n) is 10.8. The van der Waals surface area contributed by atoms with Crippen molar-refractivity contribution >= 4 is 22.5 Å². The van der Waals surface area contributed by atoms with Gasteiger partial charge in [-0.25, -0.2) is 5.41 Å². The lowest BCUT2D eigenvalue weighted by Crippen LogP contribution is -2.38. The van der Waals surface area contributed by atoms with E-state index in [1.165, 1.54) is 11.8 Å². The Balaban J connectivity index is 2.26. The third kappa shape index (κ3) is 3.28. The molecule has 0 aliphatic rings. The molecular weight excluding hydrogens is 266 g/mol. The highest BCUT2D eigenvalue weighted by atomic mass is 32.2. The van der Waals surface area contributed by atoms with Crippen LogP contribution in [0.25, 0.3) is 5.70 Å². The van der Waals surface area contributed by atoms with Gasteiger partial charge in [0.05, 0.1) is 11.3 Å². The van der Waals surface area contributed by atoms with Crippen molar-refractivity contribution in [2.45, 2.75) is 0 Å². The molecule has 0 heterocycles. The van der Waals surface area contributed by atoms with Crippen molar-refractivity contribution in [2.24, 2.45) is 5.73 Å². The van der Waals surface area contributed by atoms with Gasteiger partial charge in [-0.15, -0.1) is 0 Å². The Morgan fingerprint density at radius 1 is 0.950 bits per heavy atom. The van der Waals surface area contributed by atoms with E-state index in [2.05, 4.69) is 6.07 Å². The van der Waals surface area contributed by atoms with Crippen molar-refractivity contribution in [1.82, 2.24) is 0 Å². The van der Waals surface area contributed by atoms with Crippen LogP contribution in [0.5, 0.6) is 0 Å². The monoisotopic (exact) mass is 280 g/mol. The number of nitrogens with two attached hydrogens (primary N) is 2. The minimum atomic E-state index is 0.401. The van der Waals surface area contributed by atoms with Crippen molar-refractivity contribution in [3.63, 3.8) is 0 Å². The molecule has 0 saturated carbocycles. The molecule has 0 aromatic heterocycles. The number of allylic oxidation sites excluding steroid dienone is 1. The molecule has 0 atom stereocenters. The Bertz CT molecular complexity index is 670. The van der Waals surface area contributed by atoms with E-state index in [9.17, 15) is 5.26 Å². The summed E-state index contributed by atoms with van der Waals surface area (Å²) in [4.78, 5) is 0.401. The smallest absolute Gasteiger partial charge is 0.244 e. The Morgan fingerprint density at radius 2 is 1.45 bits per heavy atom. The van der Waals surface area contributed by atoms with Crippen molar-refractivity contribution in [3.05, 3.63) is 76.7 Å². The molecular formula is C16H14N3S+. The molecule has 0 saturated heterocycles. The van der Waals surface area contributed by atoms with E-state index in [-0.39, 0.29) is 0 Å². The zero-order valence-corrected chi connectivity index (χ0v) is 11.6. The summed E-state index contributed by atoms with van der Waals surface area (Å²) >= 11 is 1.19. The second kappa shape index (κ2) is 6.60. The fraction of sp³-hybridized carbons (Fsp3) is 0. The summed E-state index contributed by atoms with van der Waals surface area (Å²) < 4.78 is 0. The van der Waals surface area contributed by atoms with Crippen LogP contribution in [0, 0.1) is 11.3 Å². The van der Waals surface area contributed by atoms with Crippen LogP contribution < -0.4 is 11.1 Å². The van der Waals surface area contributed by atoms with Gasteiger partial charge in [0.1, 0.15) is 11.0 Å². The Hall–Kier alpha value is -2.51. The summed E-state index contributed by atoms with van der Waals surface area (Å²) in [6, 6.07) is 21.0. The van der Waals surface area contributed by atoms with E-state index in [0.29, 0.717) is 15.6 Å². The predicted octanol–water partition coefficient (Wildman–Crippen LogP) is 1.78. The van der Waals surface area contributed by atoms with Gasteiger partial charge in [0, 0.05) is 0 Å². The Morgan fingerprint density at radius 3 is 1.95 bits per heavy atom. The molecule has 20 heavy (non-hydrogen) atoms. The lowest BCUT2D eigenvalue weighted by atomic mass is 10.1. The molecule has 0 unspecified atom stereocenters. The topological polar surface area (TPSA) is 75.4 Å². The Labute approximate surface area is 122 Å². The van der Waals surface area contributed by atoms with Crippen LogP contribution in [0.4, 0.5) is 0 Å². The predicted molar refractivity (Wildman–Crippen MR) is 83.2 cm³/mol. The summed E-state index contributed by atoms with van der Waals surface area (Å²) in [5, 5.41) is 15.9. The van der Waals surface area contributed by atoms with Gasteiger partial charge in [-0.2, -0.15) is 5.26 Å². The lowest BCUT2D eigenvalue weighted by Gasteiger charge is -2.04. The maximum atomic E-state index is 9.28. The van der Waals surface area contributed by atoms with Gasteiger partial charge in [0.25, 0.3) is 0 Å². The van der Waals surface area contributed by atoms with Crippen molar-refractivity contribution in [1.29, 1.82) is 5.26 Å². The second-order valence-corrected chi connectivity index (χ2v) is 5.11. The zero-order chi connectivity index (χ0) is 14.4. The first-order valence-electron chi connectivity index (χ1n) is 6.03. The molecule has 3 nitrogen and oxygen atoms in total. The van der Waals surface area contributed by atoms with Crippen molar-refractivity contribution in [2.75, 3.05) is 0 Å². The van der Waals surface area contributed by atoms with Crippen molar-refractivity contribution in [3.8, 4) is 6.07 Å². The van der Waals surface area contributed by atoms with E-state index < -0.39 is 0 Å². The first-order chi connectivity index (χ1) is 9.72. The van der Waals surface area contributed by atoms with Crippen LogP contribution in [0.3, 0.4) is 0 Å². The Kier molecular flexibility index (Phi) is 4.59. The van der Waals surface area contributed by atoms with E-state index in [0.717, 1.165) is 11.1 Å². The highest BCUT2D eigenvalue weighted by molar-refractivity contribution is 8.17. The molecule has 0 radical (unpaired) electrons. The molecule has 98 valence electrons. The average Bonchev–Trinajstić information content (AvgIpc) is 2.53. The minimum absolute atomic E-state index is 0.401. The van der Waals surface area contributed by atoms with E-state index in [1.54, 1.807) is 0 Å². The molecule has 0 spiro atoms. The fourth-order valence-corrected chi connectivity index (χ4v) is 2.41. The van der Waals surface area contributed by atoms with Crippen molar-refractivity contribution < 1.29 is 5.41 Å². The molecule has 2 aromatic carbocycles. The number of rotatable bonds is 3. The highest BCUT2D eigenvalue weighted by Crippen LogP contribution is 2.25. The van der Waals surface area contributed by atoms with Crippen LogP contribution in [0.15, 0.2) is 65.6 Å². The SMILES string of the molecule is N#C/C(SC(=[NH2+])c1ccccc1)=C(/N)c1ccccc1. The molecule has 4 heteroatoms. The fourth-order valence-electron chi connectivity index (χ4n) is 1.66. The molecule has 0 aliphatic heterocycles. The highest BCUT2D eigenvalue weighted by Gasteiger charge is 2.14. The number of hydrogen-bond donors (Lipinski definition) is 2. The summed E-state index contributed by atoms with van der Waals surface area (Å²) in [5.41, 5.74) is 8.18. The maximum Gasteiger partial charge on any atom is 0.244 e. The van der Waals surface area contributed by atoms with Gasteiger partial charge in [0.15, 0.2) is 0 Å². The lowest BCUT2D eigenvalue weighted by molar-refractivity contribution is -0.107. The number of nitrogens with zero attached hydrogens (tertiary/aromatic N) is 1. The van der Waals surface area contributed by atoms with E-state index >= 15 is 0 Å². The number of hydrogen-bond acceptors (Lipinski definition) is 3. The minimum Gasteiger partial charge on any atom is -0.397 e. The molecule has 2 rings (SSSR count). The third-order valence-corrected chi connectivity index (χ3v) is 3.67. The van der Waals surface area contributed by atoms with Crippen LogP contribution in [0.1, 0.15) is 11.1 Å². The number of thioether (sulfide) groups is 1. The maximum absolute atomic E-state index is 9.28. The standard InChI is InChI=1S/C16H13N3S/c17-11-14(15(18)12-7-3-1-4-8-12)20-16(19)13-9-5-2-6-10-13/h1-10,19H,18H2/p+1/b15-14-,19-16?. The summed E-state index contributed by atoms with van der Waals surface area (Å²) in [6.45, 7) is 0.